The predicted octanol–water partition coefficient (Wildman–Crippen LogP) is -0.267. The molecule has 2 saturated heterocycles. The van der Waals surface area contributed by atoms with E-state index >= 15 is 0 Å². The summed E-state index contributed by atoms with van der Waals surface area (Å²) < 4.78 is 0. The third-order valence-corrected chi connectivity index (χ3v) is 6.20. The third-order valence-electron chi connectivity index (χ3n) is 6.20. The molecular formula is C20H26N4O4. The average Bonchev–Trinajstić information content (AvgIpc) is 3.01. The van der Waals surface area contributed by atoms with E-state index in [-0.39, 0.29) is 24.8 Å². The Morgan fingerprint density at radius 3 is 2.64 bits per heavy atom. The Morgan fingerprint density at radius 2 is 1.96 bits per heavy atom. The fraction of sp³-hybridized carbons (Fsp3) is 0.550. The fourth-order valence-corrected chi connectivity index (χ4v) is 4.38. The summed E-state index contributed by atoms with van der Waals surface area (Å²) in [6.07, 6.45) is 2.05. The van der Waals surface area contributed by atoms with Crippen LogP contribution in [0.4, 0.5) is 0 Å². The van der Waals surface area contributed by atoms with Crippen molar-refractivity contribution in [2.75, 3.05) is 19.7 Å². The van der Waals surface area contributed by atoms with Gasteiger partial charge in [-0.2, -0.15) is 0 Å². The van der Waals surface area contributed by atoms with Crippen LogP contribution in [0.5, 0.6) is 0 Å². The first-order chi connectivity index (χ1) is 13.4. The minimum absolute atomic E-state index is 0.0129. The van der Waals surface area contributed by atoms with Crippen LogP contribution in [0.3, 0.4) is 0 Å². The molecule has 3 heterocycles. The molecule has 8 nitrogen and oxygen atoms in total. The summed E-state index contributed by atoms with van der Waals surface area (Å²) in [5, 5.41) is 11.8. The fourth-order valence-electron chi connectivity index (χ4n) is 4.38. The molecule has 0 saturated carbocycles. The van der Waals surface area contributed by atoms with Crippen molar-refractivity contribution in [3.05, 3.63) is 34.9 Å². The highest BCUT2D eigenvalue weighted by Crippen LogP contribution is 2.31. The molecule has 28 heavy (non-hydrogen) atoms. The Labute approximate surface area is 163 Å². The van der Waals surface area contributed by atoms with Gasteiger partial charge in [-0.1, -0.05) is 18.2 Å². The number of hydrogen-bond donors (Lipinski definition) is 3. The van der Waals surface area contributed by atoms with Gasteiger partial charge in [-0.05, 0) is 30.4 Å². The number of amides is 3. The van der Waals surface area contributed by atoms with Gasteiger partial charge in [0.15, 0.2) is 0 Å². The molecule has 0 bridgehead atoms. The molecule has 3 aliphatic rings. The molecule has 150 valence electrons. The van der Waals surface area contributed by atoms with E-state index in [1.165, 1.54) is 0 Å². The molecule has 3 amide bonds. The van der Waals surface area contributed by atoms with Crippen LogP contribution in [0.2, 0.25) is 0 Å². The molecule has 8 heteroatoms. The lowest BCUT2D eigenvalue weighted by Gasteiger charge is -2.38. The van der Waals surface area contributed by atoms with Crippen LogP contribution in [-0.4, -0.2) is 63.9 Å². The van der Waals surface area contributed by atoms with E-state index in [1.54, 1.807) is 4.90 Å². The minimum atomic E-state index is -0.595. The van der Waals surface area contributed by atoms with E-state index in [1.807, 2.05) is 18.2 Å². The van der Waals surface area contributed by atoms with Crippen LogP contribution >= 0.6 is 0 Å². The summed E-state index contributed by atoms with van der Waals surface area (Å²) in [6.45, 7) is 2.56. The summed E-state index contributed by atoms with van der Waals surface area (Å²) in [5.41, 5.74) is 8.20. The molecule has 4 rings (SSSR count). The Kier molecular flexibility index (Phi) is 4.95. The van der Waals surface area contributed by atoms with Gasteiger partial charge < -0.3 is 15.7 Å². The lowest BCUT2D eigenvalue weighted by molar-refractivity contribution is -0.136. The van der Waals surface area contributed by atoms with E-state index < -0.39 is 17.5 Å². The molecule has 0 spiro atoms. The van der Waals surface area contributed by atoms with Crippen LogP contribution in [-0.2, 0) is 22.7 Å². The maximum atomic E-state index is 13.1. The van der Waals surface area contributed by atoms with E-state index in [2.05, 4.69) is 10.2 Å². The number of hydrogen-bond acceptors (Lipinski definition) is 6. The maximum Gasteiger partial charge on any atom is 0.255 e. The van der Waals surface area contributed by atoms with Crippen LogP contribution in [0.15, 0.2) is 18.2 Å². The number of carbonyl (C=O) groups excluding carboxylic acids is 3. The Hall–Kier alpha value is -2.29. The number of nitrogens with zero attached hydrogens (tertiary/aromatic N) is 2. The quantitative estimate of drug-likeness (QED) is 0.614. The SMILES string of the molecule is NC1(CO)CCN(Cc2cccc3c2C(=O)N(C2CCC(=O)NC2=O)C3)CC1. The van der Waals surface area contributed by atoms with Crippen LogP contribution in [0.1, 0.15) is 47.2 Å². The maximum absolute atomic E-state index is 13.1. The average molecular weight is 386 g/mol. The molecule has 0 aromatic heterocycles. The molecule has 1 aromatic carbocycles. The standard InChI is InChI=1S/C20H26N4O4/c21-20(12-25)6-8-23(9-7-20)10-13-2-1-3-14-11-24(19(28)17(13)14)15-4-5-16(26)22-18(15)27/h1-3,15,25H,4-12,21H2,(H,22,26,27). The zero-order valence-electron chi connectivity index (χ0n) is 15.8. The van der Waals surface area contributed by atoms with Gasteiger partial charge in [0.25, 0.3) is 5.91 Å². The lowest BCUT2D eigenvalue weighted by Crippen LogP contribution is -2.53. The van der Waals surface area contributed by atoms with E-state index in [4.69, 9.17) is 5.73 Å². The molecule has 0 aliphatic carbocycles. The van der Waals surface area contributed by atoms with Gasteiger partial charge in [-0.3, -0.25) is 24.6 Å². The van der Waals surface area contributed by atoms with Crippen molar-refractivity contribution in [1.29, 1.82) is 0 Å². The first kappa shape index (κ1) is 19.0. The molecule has 4 N–H and O–H groups in total. The Morgan fingerprint density at radius 1 is 1.21 bits per heavy atom. The molecule has 1 aromatic rings. The molecule has 0 radical (unpaired) electrons. The minimum Gasteiger partial charge on any atom is -0.394 e. The number of fused-ring (bicyclic) bond motifs is 1. The van der Waals surface area contributed by atoms with Gasteiger partial charge in [0.2, 0.25) is 11.8 Å². The van der Waals surface area contributed by atoms with Crippen molar-refractivity contribution in [3.63, 3.8) is 0 Å². The number of nitrogens with two attached hydrogens (primary N) is 1. The molecule has 1 atom stereocenters. The van der Waals surface area contributed by atoms with Crippen molar-refractivity contribution >= 4 is 17.7 Å². The Balaban J connectivity index is 1.50. The van der Waals surface area contributed by atoms with E-state index in [9.17, 15) is 19.5 Å². The number of nitrogens with one attached hydrogen (secondary N) is 1. The third kappa shape index (κ3) is 3.43. The smallest absolute Gasteiger partial charge is 0.255 e. The predicted molar refractivity (Wildman–Crippen MR) is 101 cm³/mol. The molecule has 3 aliphatic heterocycles. The van der Waals surface area contributed by atoms with Crippen molar-refractivity contribution in [2.24, 2.45) is 5.73 Å². The molecule has 2 fully saturated rings. The number of carbonyl (C=O) groups is 3. The van der Waals surface area contributed by atoms with Crippen molar-refractivity contribution < 1.29 is 19.5 Å². The topological polar surface area (TPSA) is 116 Å². The van der Waals surface area contributed by atoms with Crippen molar-refractivity contribution in [3.8, 4) is 0 Å². The van der Waals surface area contributed by atoms with Gasteiger partial charge in [0, 0.05) is 43.7 Å². The number of imide groups is 1. The number of piperidine rings is 2. The van der Waals surface area contributed by atoms with Gasteiger partial charge in [-0.25, -0.2) is 0 Å². The van der Waals surface area contributed by atoms with Crippen LogP contribution in [0.25, 0.3) is 0 Å². The lowest BCUT2D eigenvalue weighted by atomic mass is 9.89. The van der Waals surface area contributed by atoms with E-state index in [0.29, 0.717) is 25.1 Å². The molecular weight excluding hydrogens is 360 g/mol. The summed E-state index contributed by atoms with van der Waals surface area (Å²) in [4.78, 5) is 40.6. The number of aliphatic hydroxyl groups is 1. The Bertz CT molecular complexity index is 816. The zero-order chi connectivity index (χ0) is 19.9. The second-order valence-corrected chi connectivity index (χ2v) is 8.15. The normalized spacial score (nSPS) is 25.0. The van der Waals surface area contributed by atoms with Crippen LogP contribution in [0, 0.1) is 0 Å². The van der Waals surface area contributed by atoms with Gasteiger partial charge in [0.1, 0.15) is 6.04 Å². The monoisotopic (exact) mass is 386 g/mol. The van der Waals surface area contributed by atoms with Crippen molar-refractivity contribution in [1.82, 2.24) is 15.1 Å². The molecule has 1 unspecified atom stereocenters. The largest absolute Gasteiger partial charge is 0.394 e. The second kappa shape index (κ2) is 7.27. The zero-order valence-corrected chi connectivity index (χ0v) is 15.8. The van der Waals surface area contributed by atoms with Gasteiger partial charge in [-0.15, -0.1) is 0 Å². The number of benzene rings is 1. The number of aliphatic hydroxyl groups excluding tert-OH is 1. The summed E-state index contributed by atoms with van der Waals surface area (Å²) >= 11 is 0. The first-order valence-electron chi connectivity index (χ1n) is 9.78. The highest BCUT2D eigenvalue weighted by atomic mass is 16.3. The van der Waals surface area contributed by atoms with Gasteiger partial charge in [0.05, 0.1) is 6.61 Å². The summed E-state index contributed by atoms with van der Waals surface area (Å²) in [5.74, 6) is -0.811. The number of rotatable bonds is 4. The van der Waals surface area contributed by atoms with Crippen molar-refractivity contribution in [2.45, 2.75) is 50.4 Å². The van der Waals surface area contributed by atoms with Gasteiger partial charge >= 0.3 is 0 Å². The van der Waals surface area contributed by atoms with E-state index in [0.717, 1.165) is 37.1 Å². The highest BCUT2D eigenvalue weighted by molar-refractivity contribution is 6.05. The summed E-state index contributed by atoms with van der Waals surface area (Å²) in [6, 6.07) is 5.24. The second-order valence-electron chi connectivity index (χ2n) is 8.15. The number of likely N-dealkylation sites (tertiary alicyclic amines) is 1. The summed E-state index contributed by atoms with van der Waals surface area (Å²) in [7, 11) is 0. The van der Waals surface area contributed by atoms with Crippen LogP contribution < -0.4 is 11.1 Å². The highest BCUT2D eigenvalue weighted by Gasteiger charge is 2.40. The first-order valence-corrected chi connectivity index (χ1v) is 9.78.